The number of anilines is 1. The fraction of sp³-hybridized carbons (Fsp3) is 0.333. The molecule has 0 aliphatic rings. The number of nitrogens with one attached hydrogen (secondary N) is 1. The van der Waals surface area contributed by atoms with Gasteiger partial charge in [-0.05, 0) is 68.1 Å². The molecule has 0 fully saturated rings. The Labute approximate surface area is 132 Å². The van der Waals surface area contributed by atoms with Crippen LogP contribution < -0.4 is 11.1 Å². The highest BCUT2D eigenvalue weighted by Gasteiger charge is 2.03. The molecule has 3 heteroatoms. The second-order valence-electron chi connectivity index (χ2n) is 5.53. The van der Waals surface area contributed by atoms with Crippen LogP contribution in [0.4, 0.5) is 5.69 Å². The number of hydrogen-bond donors (Lipinski definition) is 2. The predicted molar refractivity (Wildman–Crippen MR) is 91.8 cm³/mol. The fourth-order valence-electron chi connectivity index (χ4n) is 2.37. The Hall–Kier alpha value is -1.51. The zero-order valence-corrected chi connectivity index (χ0v) is 13.2. The van der Waals surface area contributed by atoms with Crippen LogP contribution in [-0.4, -0.2) is 12.6 Å². The number of hydrogen-bond acceptors (Lipinski definition) is 2. The van der Waals surface area contributed by atoms with E-state index in [1.807, 2.05) is 24.3 Å². The molecular formula is C18H23ClN2. The summed E-state index contributed by atoms with van der Waals surface area (Å²) in [5.74, 6) is 0. The standard InChI is InChI=1S/C18H23ClN2/c1-14(13-16-4-8-17(19)9-5-16)21-12-2-3-15-6-10-18(20)11-7-15/h4-11,14,21H,2-3,12-13,20H2,1H3. The molecule has 21 heavy (non-hydrogen) atoms. The van der Waals surface area contributed by atoms with Crippen molar-refractivity contribution in [3.8, 4) is 0 Å². The van der Waals surface area contributed by atoms with Gasteiger partial charge in [0.1, 0.15) is 0 Å². The average Bonchev–Trinajstić information content (AvgIpc) is 2.48. The molecule has 0 aromatic heterocycles. The quantitative estimate of drug-likeness (QED) is 0.597. The van der Waals surface area contributed by atoms with Crippen molar-refractivity contribution in [3.05, 3.63) is 64.7 Å². The number of halogens is 1. The molecule has 2 nitrogen and oxygen atoms in total. The lowest BCUT2D eigenvalue weighted by atomic mass is 10.1. The molecule has 0 saturated carbocycles. The summed E-state index contributed by atoms with van der Waals surface area (Å²) in [6, 6.07) is 16.7. The maximum Gasteiger partial charge on any atom is 0.0406 e. The first kappa shape index (κ1) is 15.9. The second kappa shape index (κ2) is 8.06. The largest absolute Gasteiger partial charge is 0.399 e. The Morgan fingerprint density at radius 2 is 1.62 bits per heavy atom. The van der Waals surface area contributed by atoms with E-state index in [0.717, 1.165) is 36.5 Å². The molecular weight excluding hydrogens is 280 g/mol. The Morgan fingerprint density at radius 1 is 1.00 bits per heavy atom. The van der Waals surface area contributed by atoms with E-state index in [1.54, 1.807) is 0 Å². The first-order valence-corrected chi connectivity index (χ1v) is 7.83. The first-order chi connectivity index (χ1) is 10.1. The van der Waals surface area contributed by atoms with E-state index >= 15 is 0 Å². The van der Waals surface area contributed by atoms with E-state index in [9.17, 15) is 0 Å². The summed E-state index contributed by atoms with van der Waals surface area (Å²) < 4.78 is 0. The lowest BCUT2D eigenvalue weighted by molar-refractivity contribution is 0.534. The molecule has 3 N–H and O–H groups in total. The zero-order valence-electron chi connectivity index (χ0n) is 12.5. The molecule has 0 bridgehead atoms. The molecule has 1 unspecified atom stereocenters. The van der Waals surface area contributed by atoms with Gasteiger partial charge in [0.15, 0.2) is 0 Å². The normalized spacial score (nSPS) is 12.3. The van der Waals surface area contributed by atoms with E-state index in [0.29, 0.717) is 6.04 Å². The maximum atomic E-state index is 5.90. The van der Waals surface area contributed by atoms with Crippen LogP contribution in [0.5, 0.6) is 0 Å². The highest BCUT2D eigenvalue weighted by atomic mass is 35.5. The first-order valence-electron chi connectivity index (χ1n) is 7.46. The summed E-state index contributed by atoms with van der Waals surface area (Å²) in [4.78, 5) is 0. The Bertz CT molecular complexity index is 534. The van der Waals surface area contributed by atoms with Gasteiger partial charge in [0.05, 0.1) is 0 Å². The zero-order chi connectivity index (χ0) is 15.1. The van der Waals surface area contributed by atoms with Crippen molar-refractivity contribution in [1.29, 1.82) is 0 Å². The smallest absolute Gasteiger partial charge is 0.0406 e. The molecule has 0 heterocycles. The van der Waals surface area contributed by atoms with Crippen LogP contribution >= 0.6 is 11.6 Å². The van der Waals surface area contributed by atoms with Crippen molar-refractivity contribution >= 4 is 17.3 Å². The van der Waals surface area contributed by atoms with E-state index < -0.39 is 0 Å². The summed E-state index contributed by atoms with van der Waals surface area (Å²) in [5.41, 5.74) is 9.17. The van der Waals surface area contributed by atoms with Crippen LogP contribution in [0.25, 0.3) is 0 Å². The minimum absolute atomic E-state index is 0.470. The molecule has 0 aliphatic heterocycles. The van der Waals surface area contributed by atoms with Crippen molar-refractivity contribution in [1.82, 2.24) is 5.32 Å². The number of aryl methyl sites for hydroxylation is 1. The molecule has 1 atom stereocenters. The minimum Gasteiger partial charge on any atom is -0.399 e. The van der Waals surface area contributed by atoms with Crippen LogP contribution in [0.1, 0.15) is 24.5 Å². The van der Waals surface area contributed by atoms with Crippen LogP contribution in [0.2, 0.25) is 5.02 Å². The lowest BCUT2D eigenvalue weighted by Gasteiger charge is -2.14. The van der Waals surface area contributed by atoms with Crippen molar-refractivity contribution in [3.63, 3.8) is 0 Å². The van der Waals surface area contributed by atoms with Crippen LogP contribution in [0.3, 0.4) is 0 Å². The van der Waals surface area contributed by atoms with Crippen molar-refractivity contribution in [2.75, 3.05) is 12.3 Å². The van der Waals surface area contributed by atoms with Crippen molar-refractivity contribution in [2.45, 2.75) is 32.2 Å². The van der Waals surface area contributed by atoms with Crippen LogP contribution in [0.15, 0.2) is 48.5 Å². The summed E-state index contributed by atoms with van der Waals surface area (Å²) in [7, 11) is 0. The second-order valence-corrected chi connectivity index (χ2v) is 5.97. The third kappa shape index (κ3) is 5.78. The molecule has 2 rings (SSSR count). The number of rotatable bonds is 7. The Kier molecular flexibility index (Phi) is 6.09. The Balaban J connectivity index is 1.66. The lowest BCUT2D eigenvalue weighted by Crippen LogP contribution is -2.29. The van der Waals surface area contributed by atoms with Gasteiger partial charge in [-0.3, -0.25) is 0 Å². The Morgan fingerprint density at radius 3 is 2.29 bits per heavy atom. The van der Waals surface area contributed by atoms with Gasteiger partial charge in [-0.1, -0.05) is 35.9 Å². The average molecular weight is 303 g/mol. The molecule has 0 aliphatic carbocycles. The fourth-order valence-corrected chi connectivity index (χ4v) is 2.50. The van der Waals surface area contributed by atoms with Gasteiger partial charge in [-0.25, -0.2) is 0 Å². The highest BCUT2D eigenvalue weighted by molar-refractivity contribution is 6.30. The topological polar surface area (TPSA) is 38.0 Å². The van der Waals surface area contributed by atoms with Gasteiger partial charge in [-0.2, -0.15) is 0 Å². The minimum atomic E-state index is 0.470. The maximum absolute atomic E-state index is 5.90. The summed E-state index contributed by atoms with van der Waals surface area (Å²) in [6.45, 7) is 3.25. The van der Waals surface area contributed by atoms with E-state index in [1.165, 1.54) is 11.1 Å². The van der Waals surface area contributed by atoms with Crippen molar-refractivity contribution in [2.24, 2.45) is 0 Å². The molecule has 0 amide bonds. The van der Waals surface area contributed by atoms with E-state index in [2.05, 4.69) is 36.5 Å². The van der Waals surface area contributed by atoms with Crippen LogP contribution in [-0.2, 0) is 12.8 Å². The molecule has 2 aromatic rings. The third-order valence-corrected chi connectivity index (χ3v) is 3.82. The molecule has 2 aromatic carbocycles. The highest BCUT2D eigenvalue weighted by Crippen LogP contribution is 2.11. The van der Waals surface area contributed by atoms with Gasteiger partial charge in [0.25, 0.3) is 0 Å². The van der Waals surface area contributed by atoms with Crippen LogP contribution in [0, 0.1) is 0 Å². The number of nitrogens with two attached hydrogens (primary N) is 1. The molecule has 0 saturated heterocycles. The SMILES string of the molecule is CC(Cc1ccc(Cl)cc1)NCCCc1ccc(N)cc1. The van der Waals surface area contributed by atoms with Gasteiger partial charge in [-0.15, -0.1) is 0 Å². The van der Waals surface area contributed by atoms with Gasteiger partial charge >= 0.3 is 0 Å². The van der Waals surface area contributed by atoms with Gasteiger partial charge in [0.2, 0.25) is 0 Å². The summed E-state index contributed by atoms with van der Waals surface area (Å²) in [6.07, 6.45) is 3.24. The van der Waals surface area contributed by atoms with Crippen molar-refractivity contribution < 1.29 is 0 Å². The predicted octanol–water partition coefficient (Wildman–Crippen LogP) is 4.08. The third-order valence-electron chi connectivity index (χ3n) is 3.57. The van der Waals surface area contributed by atoms with Gasteiger partial charge in [0, 0.05) is 16.8 Å². The monoisotopic (exact) mass is 302 g/mol. The molecule has 112 valence electrons. The van der Waals surface area contributed by atoms with Gasteiger partial charge < -0.3 is 11.1 Å². The van der Waals surface area contributed by atoms with E-state index in [4.69, 9.17) is 17.3 Å². The molecule has 0 radical (unpaired) electrons. The molecule has 0 spiro atoms. The summed E-state index contributed by atoms with van der Waals surface area (Å²) in [5, 5.41) is 4.36. The summed E-state index contributed by atoms with van der Waals surface area (Å²) >= 11 is 5.90. The van der Waals surface area contributed by atoms with E-state index in [-0.39, 0.29) is 0 Å². The number of benzene rings is 2. The number of nitrogen functional groups attached to an aromatic ring is 1.